The highest BCUT2D eigenvalue weighted by Gasteiger charge is 2.26. The highest BCUT2D eigenvalue weighted by Crippen LogP contribution is 2.28. The fourth-order valence-corrected chi connectivity index (χ4v) is 2.65. The van der Waals surface area contributed by atoms with Gasteiger partial charge in [-0.05, 0) is 37.7 Å². The second-order valence-corrected chi connectivity index (χ2v) is 5.13. The lowest BCUT2D eigenvalue weighted by atomic mass is 9.89. The second kappa shape index (κ2) is 7.23. The summed E-state index contributed by atoms with van der Waals surface area (Å²) in [6.45, 7) is 10.6. The number of nitriles is 1. The summed E-state index contributed by atoms with van der Waals surface area (Å²) in [5.74, 6) is 0.645. The lowest BCUT2D eigenvalue weighted by Gasteiger charge is -2.32. The van der Waals surface area contributed by atoms with Crippen molar-refractivity contribution in [2.45, 2.75) is 72.3 Å². The summed E-state index contributed by atoms with van der Waals surface area (Å²) in [5, 5.41) is 21.6. The topological polar surface area (TPSA) is 61.6 Å². The molecule has 0 saturated heterocycles. The third kappa shape index (κ3) is 3.09. The van der Waals surface area contributed by atoms with Crippen LogP contribution in [0.15, 0.2) is 0 Å². The molecule has 0 aromatic carbocycles. The number of nitrogens with zero attached hydrogens (tertiary/aromatic N) is 3. The van der Waals surface area contributed by atoms with Gasteiger partial charge >= 0.3 is 0 Å². The van der Waals surface area contributed by atoms with E-state index in [1.165, 1.54) is 0 Å². The van der Waals surface area contributed by atoms with Crippen molar-refractivity contribution in [1.29, 1.82) is 5.26 Å². The molecule has 0 unspecified atom stereocenters. The van der Waals surface area contributed by atoms with Crippen LogP contribution in [0.4, 0.5) is 5.82 Å². The molecule has 0 aliphatic heterocycles. The number of hydrogen-bond donors (Lipinski definition) is 1. The van der Waals surface area contributed by atoms with Crippen LogP contribution >= 0.6 is 0 Å². The molecule has 1 aromatic heterocycles. The predicted octanol–water partition coefficient (Wildman–Crippen LogP) is 3.85. The quantitative estimate of drug-likeness (QED) is 0.820. The van der Waals surface area contributed by atoms with Crippen LogP contribution in [0.5, 0.6) is 0 Å². The maximum atomic E-state index is 9.51. The first-order valence-corrected chi connectivity index (χ1v) is 7.67. The molecule has 1 aromatic rings. The lowest BCUT2D eigenvalue weighted by Crippen LogP contribution is -2.37. The van der Waals surface area contributed by atoms with E-state index in [4.69, 9.17) is 0 Å². The van der Waals surface area contributed by atoms with Crippen LogP contribution in [-0.2, 0) is 12.8 Å². The first kappa shape index (κ1) is 16.4. The molecule has 0 aliphatic carbocycles. The minimum atomic E-state index is -0.000970. The van der Waals surface area contributed by atoms with Gasteiger partial charge in [-0.1, -0.05) is 34.6 Å². The maximum absolute atomic E-state index is 9.51. The molecular weight excluding hydrogens is 248 g/mol. The molecule has 0 bridgehead atoms. The van der Waals surface area contributed by atoms with E-state index in [2.05, 4.69) is 49.3 Å². The molecule has 1 rings (SSSR count). The average molecular weight is 274 g/mol. The summed E-state index contributed by atoms with van der Waals surface area (Å²) >= 11 is 0. The summed E-state index contributed by atoms with van der Waals surface area (Å²) in [4.78, 5) is 0. The minimum absolute atomic E-state index is 0.000970. The minimum Gasteiger partial charge on any atom is -0.362 e. The van der Waals surface area contributed by atoms with Crippen LogP contribution in [0.3, 0.4) is 0 Å². The first-order chi connectivity index (χ1) is 9.61. The van der Waals surface area contributed by atoms with Gasteiger partial charge in [-0.2, -0.15) is 10.4 Å². The van der Waals surface area contributed by atoms with Crippen molar-refractivity contribution in [3.8, 4) is 6.07 Å². The Bertz CT molecular complexity index is 476. The van der Waals surface area contributed by atoms with E-state index in [0.29, 0.717) is 11.4 Å². The van der Waals surface area contributed by atoms with Gasteiger partial charge in [0.1, 0.15) is 11.6 Å². The molecule has 110 valence electrons. The Labute approximate surface area is 122 Å². The molecule has 1 heterocycles. The fraction of sp³-hybridized carbons (Fsp3) is 0.688. The number of aromatic nitrogens is 2. The molecular formula is C16H26N4. The van der Waals surface area contributed by atoms with Gasteiger partial charge in [0.25, 0.3) is 0 Å². The van der Waals surface area contributed by atoms with Gasteiger partial charge in [0, 0.05) is 5.54 Å². The summed E-state index contributed by atoms with van der Waals surface area (Å²) in [6, 6.07) is 2.32. The highest BCUT2D eigenvalue weighted by molar-refractivity contribution is 5.57. The number of nitrogens with one attached hydrogen (secondary N) is 1. The third-order valence-corrected chi connectivity index (χ3v) is 4.37. The zero-order valence-electron chi connectivity index (χ0n) is 13.4. The molecule has 0 amide bonds. The Hall–Kier alpha value is -1.63. The van der Waals surface area contributed by atoms with Gasteiger partial charge in [0.15, 0.2) is 5.82 Å². The van der Waals surface area contributed by atoms with Crippen molar-refractivity contribution in [3.63, 3.8) is 0 Å². The van der Waals surface area contributed by atoms with Crippen LogP contribution in [0.1, 0.15) is 70.7 Å². The number of aryl methyl sites for hydroxylation is 1. The lowest BCUT2D eigenvalue weighted by molar-refractivity contribution is 0.418. The van der Waals surface area contributed by atoms with E-state index < -0.39 is 0 Å². The third-order valence-electron chi connectivity index (χ3n) is 4.37. The van der Waals surface area contributed by atoms with E-state index in [9.17, 15) is 5.26 Å². The Kier molecular flexibility index (Phi) is 5.94. The monoisotopic (exact) mass is 274 g/mol. The summed E-state index contributed by atoms with van der Waals surface area (Å²) in [6.07, 6.45) is 4.63. The average Bonchev–Trinajstić information content (AvgIpc) is 2.51. The molecule has 4 heteroatoms. The van der Waals surface area contributed by atoms with Gasteiger partial charge < -0.3 is 5.32 Å². The SMILES string of the molecule is CCc1nnc(NC(CC)(CC)CC)c(C#N)c1CC. The van der Waals surface area contributed by atoms with Crippen molar-refractivity contribution in [2.24, 2.45) is 0 Å². The molecule has 0 saturated carbocycles. The molecule has 4 nitrogen and oxygen atoms in total. The fourth-order valence-electron chi connectivity index (χ4n) is 2.65. The largest absolute Gasteiger partial charge is 0.362 e. The molecule has 0 aliphatic rings. The Balaban J connectivity index is 3.29. The Morgan fingerprint density at radius 1 is 1.00 bits per heavy atom. The summed E-state index contributed by atoms with van der Waals surface area (Å²) in [5.41, 5.74) is 2.63. The summed E-state index contributed by atoms with van der Waals surface area (Å²) in [7, 11) is 0. The van der Waals surface area contributed by atoms with Crippen LogP contribution < -0.4 is 5.32 Å². The first-order valence-electron chi connectivity index (χ1n) is 7.67. The predicted molar refractivity (Wildman–Crippen MR) is 82.7 cm³/mol. The zero-order chi connectivity index (χ0) is 15.2. The van der Waals surface area contributed by atoms with E-state index in [0.717, 1.165) is 43.4 Å². The normalized spacial score (nSPS) is 11.2. The second-order valence-electron chi connectivity index (χ2n) is 5.13. The number of rotatable bonds is 7. The molecule has 0 spiro atoms. The van der Waals surface area contributed by atoms with Gasteiger partial charge in [0.05, 0.1) is 5.69 Å². The van der Waals surface area contributed by atoms with Crippen molar-refractivity contribution in [1.82, 2.24) is 10.2 Å². The number of hydrogen-bond acceptors (Lipinski definition) is 4. The Morgan fingerprint density at radius 2 is 1.60 bits per heavy atom. The van der Waals surface area contributed by atoms with E-state index in [1.54, 1.807) is 0 Å². The van der Waals surface area contributed by atoms with Crippen LogP contribution in [0.2, 0.25) is 0 Å². The van der Waals surface area contributed by atoms with E-state index in [1.807, 2.05) is 6.92 Å². The van der Waals surface area contributed by atoms with Gasteiger partial charge in [-0.3, -0.25) is 0 Å². The Morgan fingerprint density at radius 3 is 2.00 bits per heavy atom. The van der Waals surface area contributed by atoms with Crippen molar-refractivity contribution >= 4 is 5.82 Å². The van der Waals surface area contributed by atoms with Crippen LogP contribution in [-0.4, -0.2) is 15.7 Å². The smallest absolute Gasteiger partial charge is 0.167 e. The van der Waals surface area contributed by atoms with Crippen LogP contribution in [0.25, 0.3) is 0 Å². The highest BCUT2D eigenvalue weighted by atomic mass is 15.2. The summed E-state index contributed by atoms with van der Waals surface area (Å²) < 4.78 is 0. The molecule has 1 N–H and O–H groups in total. The number of anilines is 1. The van der Waals surface area contributed by atoms with Gasteiger partial charge in [-0.15, -0.1) is 5.10 Å². The standard InChI is InChI=1S/C16H26N4/c1-6-12-13(11-17)15(20-19-14(12)7-2)18-16(8-3,9-4)10-5/h6-10H2,1-5H3,(H,18,20). The van der Waals surface area contributed by atoms with Crippen molar-refractivity contribution in [2.75, 3.05) is 5.32 Å². The molecule has 20 heavy (non-hydrogen) atoms. The van der Waals surface area contributed by atoms with Crippen molar-refractivity contribution in [3.05, 3.63) is 16.8 Å². The molecule has 0 atom stereocenters. The molecule has 0 fully saturated rings. The zero-order valence-corrected chi connectivity index (χ0v) is 13.4. The maximum Gasteiger partial charge on any atom is 0.167 e. The molecule has 0 radical (unpaired) electrons. The van der Waals surface area contributed by atoms with Crippen molar-refractivity contribution < 1.29 is 0 Å². The van der Waals surface area contributed by atoms with Gasteiger partial charge in [0.2, 0.25) is 0 Å². The van der Waals surface area contributed by atoms with Gasteiger partial charge in [-0.25, -0.2) is 0 Å². The van der Waals surface area contributed by atoms with Crippen LogP contribution in [0, 0.1) is 11.3 Å². The van der Waals surface area contributed by atoms with E-state index >= 15 is 0 Å². The van der Waals surface area contributed by atoms with E-state index in [-0.39, 0.29) is 5.54 Å².